The van der Waals surface area contributed by atoms with Crippen LogP contribution in [0.4, 0.5) is 25.0 Å². The topological polar surface area (TPSA) is 106 Å². The molecule has 0 aliphatic carbocycles. The van der Waals surface area contributed by atoms with Gasteiger partial charge in [0.1, 0.15) is 5.69 Å². The summed E-state index contributed by atoms with van der Waals surface area (Å²) in [5.74, 6) is -2.67. The number of morpholine rings is 1. The van der Waals surface area contributed by atoms with E-state index in [1.165, 1.54) is 41.4 Å². The number of rotatable bonds is 9. The molecule has 6 rings (SSSR count). The average Bonchev–Trinajstić information content (AvgIpc) is 3.42. The van der Waals surface area contributed by atoms with Crippen LogP contribution in [0.5, 0.6) is 11.5 Å². The number of nitrogens with zero attached hydrogens (tertiary/aromatic N) is 5. The van der Waals surface area contributed by atoms with Gasteiger partial charge in [0.25, 0.3) is 10.0 Å². The minimum absolute atomic E-state index is 0.0934. The highest BCUT2D eigenvalue weighted by Crippen LogP contribution is 2.43. The van der Waals surface area contributed by atoms with Gasteiger partial charge in [-0.2, -0.15) is 0 Å². The first-order valence-corrected chi connectivity index (χ1v) is 16.0. The molecule has 1 fully saturated rings. The van der Waals surface area contributed by atoms with Gasteiger partial charge in [-0.15, -0.1) is 0 Å². The first-order chi connectivity index (χ1) is 21.7. The number of halogens is 2. The van der Waals surface area contributed by atoms with Crippen LogP contribution in [0, 0.1) is 11.6 Å². The van der Waals surface area contributed by atoms with Crippen molar-refractivity contribution in [2.24, 2.45) is 0 Å². The van der Waals surface area contributed by atoms with E-state index < -0.39 is 33.4 Å². The number of aromatic nitrogens is 2. The normalized spacial score (nSPS) is 15.9. The second kappa shape index (κ2) is 12.3. The quantitative estimate of drug-likeness (QED) is 0.258. The molecule has 14 heteroatoms. The summed E-state index contributed by atoms with van der Waals surface area (Å²) >= 11 is 0. The second-order valence-corrected chi connectivity index (χ2v) is 12.5. The number of hydrogen-bond donors (Lipinski definition) is 0. The molecule has 2 aromatic heterocycles. The van der Waals surface area contributed by atoms with E-state index in [0.717, 1.165) is 11.0 Å². The van der Waals surface area contributed by atoms with Crippen molar-refractivity contribution < 1.29 is 36.2 Å². The number of pyridine rings is 1. The molecule has 0 atom stereocenters. The van der Waals surface area contributed by atoms with Gasteiger partial charge < -0.3 is 14.2 Å². The number of urea groups is 1. The fraction of sp³-hybridized carbons (Fsp3) is 0.355. The Morgan fingerprint density at radius 3 is 2.27 bits per heavy atom. The van der Waals surface area contributed by atoms with E-state index in [9.17, 15) is 13.2 Å². The van der Waals surface area contributed by atoms with Crippen molar-refractivity contribution in [1.29, 1.82) is 0 Å². The standard InChI is InChI=1S/C31H33F2N5O6S/c1-4-10-36-28-20(18-37(31(36)39)29-26(32)24(42-2)16-25(43-3)27(29)33)17-34-30-23(28)15-21(19-35-11-13-44-14-12-35)38(30)45(40,41)22-8-6-5-7-9-22/h5-9,15-17H,4,10-14,18-19H2,1-3H3. The van der Waals surface area contributed by atoms with Crippen LogP contribution < -0.4 is 19.3 Å². The Bertz CT molecular complexity index is 1830. The summed E-state index contributed by atoms with van der Waals surface area (Å²) in [6.45, 7) is 4.43. The smallest absolute Gasteiger partial charge is 0.329 e. The van der Waals surface area contributed by atoms with Crippen molar-refractivity contribution in [2.75, 3.05) is 56.9 Å². The zero-order chi connectivity index (χ0) is 31.9. The third-order valence-corrected chi connectivity index (χ3v) is 9.76. The fourth-order valence-corrected chi connectivity index (χ4v) is 7.40. The number of hydrogen-bond acceptors (Lipinski definition) is 8. The largest absolute Gasteiger partial charge is 0.493 e. The Morgan fingerprint density at radius 1 is 0.978 bits per heavy atom. The van der Waals surface area contributed by atoms with Crippen molar-refractivity contribution in [3.8, 4) is 11.5 Å². The van der Waals surface area contributed by atoms with Gasteiger partial charge >= 0.3 is 6.03 Å². The summed E-state index contributed by atoms with van der Waals surface area (Å²) in [6.07, 6.45) is 1.97. The van der Waals surface area contributed by atoms with E-state index >= 15 is 8.78 Å². The SMILES string of the molecule is CCCN1C(=O)N(c2c(F)c(OC)cc(OC)c2F)Cc2cnc3c(cc(CN4CCOCC4)n3S(=O)(=O)c3ccccc3)c21. The zero-order valence-corrected chi connectivity index (χ0v) is 25.9. The predicted molar refractivity (Wildman–Crippen MR) is 164 cm³/mol. The van der Waals surface area contributed by atoms with Crippen LogP contribution in [0.25, 0.3) is 11.0 Å². The van der Waals surface area contributed by atoms with Gasteiger partial charge in [0.05, 0.1) is 50.3 Å². The van der Waals surface area contributed by atoms with Crippen molar-refractivity contribution in [3.05, 3.63) is 71.6 Å². The van der Waals surface area contributed by atoms with Gasteiger partial charge in [-0.25, -0.2) is 30.9 Å². The van der Waals surface area contributed by atoms with E-state index in [-0.39, 0.29) is 35.1 Å². The van der Waals surface area contributed by atoms with Crippen LogP contribution in [-0.4, -0.2) is 75.4 Å². The molecule has 45 heavy (non-hydrogen) atoms. The molecular weight excluding hydrogens is 608 g/mol. The van der Waals surface area contributed by atoms with Gasteiger partial charge in [0, 0.05) is 49.4 Å². The fourth-order valence-electron chi connectivity index (χ4n) is 5.90. The molecule has 2 aliphatic rings. The molecule has 0 radical (unpaired) electrons. The predicted octanol–water partition coefficient (Wildman–Crippen LogP) is 4.76. The van der Waals surface area contributed by atoms with Crippen molar-refractivity contribution >= 4 is 38.5 Å². The van der Waals surface area contributed by atoms with Crippen LogP contribution in [0.15, 0.2) is 53.6 Å². The minimum Gasteiger partial charge on any atom is -0.493 e. The summed E-state index contributed by atoms with van der Waals surface area (Å²) < 4.78 is 76.4. The van der Waals surface area contributed by atoms with Crippen molar-refractivity contribution in [2.45, 2.75) is 31.3 Å². The number of carbonyl (C=O) groups is 1. The molecule has 4 aromatic rings. The lowest BCUT2D eigenvalue weighted by Gasteiger charge is -2.37. The van der Waals surface area contributed by atoms with Crippen LogP contribution in [0.1, 0.15) is 24.6 Å². The molecule has 0 N–H and O–H groups in total. The van der Waals surface area contributed by atoms with Crippen LogP contribution in [0.2, 0.25) is 0 Å². The number of anilines is 2. The molecule has 0 saturated carbocycles. The Morgan fingerprint density at radius 2 is 1.64 bits per heavy atom. The van der Waals surface area contributed by atoms with Gasteiger partial charge in [-0.05, 0) is 24.6 Å². The highest BCUT2D eigenvalue weighted by atomic mass is 32.2. The van der Waals surface area contributed by atoms with Gasteiger partial charge in [0.2, 0.25) is 0 Å². The lowest BCUT2D eigenvalue weighted by molar-refractivity contribution is 0.0336. The van der Waals surface area contributed by atoms with Gasteiger partial charge in [-0.1, -0.05) is 25.1 Å². The summed E-state index contributed by atoms with van der Waals surface area (Å²) in [6, 6.07) is 10.2. The van der Waals surface area contributed by atoms with Crippen LogP contribution in [-0.2, 0) is 27.8 Å². The Kier molecular flexibility index (Phi) is 8.37. The lowest BCUT2D eigenvalue weighted by Crippen LogP contribution is -2.48. The summed E-state index contributed by atoms with van der Waals surface area (Å²) in [7, 11) is -1.63. The monoisotopic (exact) mass is 641 g/mol. The zero-order valence-electron chi connectivity index (χ0n) is 25.1. The Hall–Kier alpha value is -4.27. The minimum atomic E-state index is -4.10. The molecular formula is C31H33F2N5O6S. The second-order valence-electron chi connectivity index (χ2n) is 10.8. The molecule has 0 spiro atoms. The third-order valence-electron chi connectivity index (χ3n) is 8.01. The first kappa shape index (κ1) is 30.7. The number of amides is 2. The summed E-state index contributed by atoms with van der Waals surface area (Å²) in [5.41, 5.74) is 0.953. The van der Waals surface area contributed by atoms with Crippen molar-refractivity contribution in [3.63, 3.8) is 0 Å². The number of methoxy groups -OCH3 is 2. The maximum Gasteiger partial charge on any atom is 0.329 e. The first-order valence-electron chi connectivity index (χ1n) is 14.5. The third kappa shape index (κ3) is 5.26. The average molecular weight is 642 g/mol. The Labute approximate surface area is 259 Å². The molecule has 1 saturated heterocycles. The van der Waals surface area contributed by atoms with E-state index in [1.807, 2.05) is 6.92 Å². The molecule has 11 nitrogen and oxygen atoms in total. The summed E-state index contributed by atoms with van der Waals surface area (Å²) in [4.78, 5) is 23.3. The highest BCUT2D eigenvalue weighted by molar-refractivity contribution is 7.90. The van der Waals surface area contributed by atoms with Gasteiger partial charge in [-0.3, -0.25) is 14.7 Å². The van der Waals surface area contributed by atoms with E-state index in [4.69, 9.17) is 14.2 Å². The molecule has 238 valence electrons. The molecule has 2 aliphatic heterocycles. The van der Waals surface area contributed by atoms with Crippen LogP contribution in [0.3, 0.4) is 0 Å². The molecule has 4 heterocycles. The van der Waals surface area contributed by atoms with E-state index in [1.54, 1.807) is 24.3 Å². The number of fused-ring (bicyclic) bond motifs is 3. The molecule has 0 bridgehead atoms. The van der Waals surface area contributed by atoms with Gasteiger partial charge in [0.15, 0.2) is 28.8 Å². The molecule has 2 amide bonds. The van der Waals surface area contributed by atoms with E-state index in [2.05, 4.69) is 9.88 Å². The maximum atomic E-state index is 15.6. The number of carbonyl (C=O) groups excluding carboxylic acids is 1. The molecule has 2 aromatic carbocycles. The number of benzene rings is 2. The summed E-state index contributed by atoms with van der Waals surface area (Å²) in [5, 5.41) is 0.445. The lowest BCUT2D eigenvalue weighted by atomic mass is 10.1. The Balaban J connectivity index is 1.56. The molecule has 0 unspecified atom stereocenters. The van der Waals surface area contributed by atoms with Crippen molar-refractivity contribution in [1.82, 2.24) is 13.9 Å². The van der Waals surface area contributed by atoms with Crippen LogP contribution >= 0.6 is 0 Å². The number of ether oxygens (including phenoxy) is 3. The van der Waals surface area contributed by atoms with E-state index in [0.29, 0.717) is 61.6 Å². The maximum absolute atomic E-state index is 15.6. The highest BCUT2D eigenvalue weighted by Gasteiger charge is 2.38.